The summed E-state index contributed by atoms with van der Waals surface area (Å²) in [7, 11) is 1.60. The molecule has 0 aliphatic rings. The van der Waals surface area contributed by atoms with Crippen molar-refractivity contribution in [2.45, 2.75) is 72.5 Å². The zero-order valence-electron chi connectivity index (χ0n) is 17.9. The van der Waals surface area contributed by atoms with E-state index in [0.717, 1.165) is 12.8 Å². The van der Waals surface area contributed by atoms with Crippen LogP contribution in [0.25, 0.3) is 11.2 Å². The molecule has 0 aliphatic heterocycles. The normalized spacial score (nSPS) is 12.3. The van der Waals surface area contributed by atoms with Gasteiger partial charge in [0.05, 0.1) is 6.07 Å². The number of H-pyrrole nitrogens is 1. The molecule has 29 heavy (non-hydrogen) atoms. The van der Waals surface area contributed by atoms with Crippen molar-refractivity contribution in [1.82, 2.24) is 24.0 Å². The van der Waals surface area contributed by atoms with Crippen molar-refractivity contribution in [1.29, 1.82) is 5.26 Å². The highest BCUT2D eigenvalue weighted by Crippen LogP contribution is 2.16. The van der Waals surface area contributed by atoms with Crippen molar-refractivity contribution in [3.8, 4) is 6.07 Å². The van der Waals surface area contributed by atoms with Crippen LogP contribution in [0.2, 0.25) is 0 Å². The van der Waals surface area contributed by atoms with E-state index < -0.39 is 17.3 Å². The van der Waals surface area contributed by atoms with Crippen LogP contribution < -0.4 is 11.2 Å². The molecule has 0 saturated heterocycles. The molecule has 2 rings (SSSR count). The number of hydrogen-bond acceptors (Lipinski definition) is 5. The highest BCUT2D eigenvalue weighted by molar-refractivity contribution is 5.77. The van der Waals surface area contributed by atoms with E-state index in [-0.39, 0.29) is 18.2 Å². The molecule has 2 heterocycles. The van der Waals surface area contributed by atoms with Gasteiger partial charge in [-0.1, -0.05) is 27.2 Å². The molecule has 0 aliphatic carbocycles. The topological polar surface area (TPSA) is 117 Å². The van der Waals surface area contributed by atoms with E-state index in [1.165, 1.54) is 9.47 Å². The number of amides is 1. The molecule has 0 aromatic carbocycles. The smallest absolute Gasteiger partial charge is 0.330 e. The summed E-state index contributed by atoms with van der Waals surface area (Å²) in [6.07, 6.45) is 2.19. The van der Waals surface area contributed by atoms with Crippen LogP contribution in [0.5, 0.6) is 0 Å². The van der Waals surface area contributed by atoms with E-state index in [9.17, 15) is 14.4 Å². The van der Waals surface area contributed by atoms with Gasteiger partial charge in [-0.3, -0.25) is 19.1 Å². The summed E-state index contributed by atoms with van der Waals surface area (Å²) in [6, 6.07) is 1.53. The summed E-state index contributed by atoms with van der Waals surface area (Å²) in [4.78, 5) is 45.7. The average molecular weight is 402 g/mol. The fourth-order valence-corrected chi connectivity index (χ4v) is 3.19. The largest absolute Gasteiger partial charge is 0.330 e. The van der Waals surface area contributed by atoms with Gasteiger partial charge in [0.15, 0.2) is 11.2 Å². The third-order valence-corrected chi connectivity index (χ3v) is 4.97. The average Bonchev–Trinajstić information content (AvgIpc) is 3.02. The standard InChI is InChI=1S/C20H30N6O3/c1-6-7-10-25-18-17(19(28)23-20(25)29)26(12-13(2)3)15(22-18)8-9-16(27)24(5)14(4)11-21/h13-14H,6-10,12H2,1-5H3,(H,23,28,29). The van der Waals surface area contributed by atoms with Crippen LogP contribution in [0.1, 0.15) is 52.8 Å². The minimum atomic E-state index is -0.515. The van der Waals surface area contributed by atoms with Gasteiger partial charge in [0.25, 0.3) is 5.56 Å². The summed E-state index contributed by atoms with van der Waals surface area (Å²) < 4.78 is 3.33. The lowest BCUT2D eigenvalue weighted by Crippen LogP contribution is -2.34. The van der Waals surface area contributed by atoms with Crippen LogP contribution in [0.4, 0.5) is 0 Å². The van der Waals surface area contributed by atoms with Gasteiger partial charge in [-0.15, -0.1) is 0 Å². The Labute approximate surface area is 170 Å². The first-order valence-corrected chi connectivity index (χ1v) is 10.1. The first-order chi connectivity index (χ1) is 13.7. The highest BCUT2D eigenvalue weighted by atomic mass is 16.2. The van der Waals surface area contributed by atoms with Crippen molar-refractivity contribution in [2.75, 3.05) is 7.05 Å². The number of aromatic amines is 1. The van der Waals surface area contributed by atoms with Gasteiger partial charge in [0.2, 0.25) is 5.91 Å². The van der Waals surface area contributed by atoms with Crippen LogP contribution in [-0.4, -0.2) is 43.0 Å². The van der Waals surface area contributed by atoms with E-state index in [2.05, 4.69) is 9.97 Å². The summed E-state index contributed by atoms with van der Waals surface area (Å²) in [5, 5.41) is 9.00. The molecule has 0 fully saturated rings. The number of aromatic nitrogens is 4. The van der Waals surface area contributed by atoms with Gasteiger partial charge in [-0.05, 0) is 19.3 Å². The third kappa shape index (κ3) is 4.94. The summed E-state index contributed by atoms with van der Waals surface area (Å²) in [6.45, 7) is 8.79. The maximum atomic E-state index is 12.6. The Morgan fingerprint density at radius 2 is 1.97 bits per heavy atom. The fraction of sp³-hybridized carbons (Fsp3) is 0.650. The number of aryl methyl sites for hydroxylation is 2. The molecule has 2 aromatic heterocycles. The number of nitrogens with zero attached hydrogens (tertiary/aromatic N) is 5. The number of nitriles is 1. The second-order valence-corrected chi connectivity index (χ2v) is 7.78. The highest BCUT2D eigenvalue weighted by Gasteiger charge is 2.21. The van der Waals surface area contributed by atoms with Crippen LogP contribution in [0.3, 0.4) is 0 Å². The number of unbranched alkanes of at least 4 members (excludes halogenated alkanes) is 1. The van der Waals surface area contributed by atoms with Crippen molar-refractivity contribution < 1.29 is 4.79 Å². The van der Waals surface area contributed by atoms with E-state index in [1.807, 2.05) is 31.4 Å². The molecule has 2 aromatic rings. The number of carbonyl (C=O) groups is 1. The van der Waals surface area contributed by atoms with Gasteiger partial charge < -0.3 is 9.47 Å². The molecule has 1 atom stereocenters. The predicted molar refractivity (Wildman–Crippen MR) is 111 cm³/mol. The Bertz CT molecular complexity index is 1020. The van der Waals surface area contributed by atoms with Crippen molar-refractivity contribution >= 4 is 17.1 Å². The second-order valence-electron chi connectivity index (χ2n) is 7.78. The second kappa shape index (κ2) is 9.54. The molecular formula is C20H30N6O3. The van der Waals surface area contributed by atoms with Crippen LogP contribution >= 0.6 is 0 Å². The zero-order chi connectivity index (χ0) is 21.7. The number of rotatable bonds is 9. The molecule has 9 nitrogen and oxygen atoms in total. The first-order valence-electron chi connectivity index (χ1n) is 10.1. The van der Waals surface area contributed by atoms with Crippen molar-refractivity contribution in [3.05, 3.63) is 26.7 Å². The summed E-state index contributed by atoms with van der Waals surface area (Å²) in [5.41, 5.74) is -0.182. The minimum absolute atomic E-state index is 0.167. The molecule has 1 unspecified atom stereocenters. The molecule has 0 radical (unpaired) electrons. The molecule has 1 N–H and O–H groups in total. The van der Waals surface area contributed by atoms with Gasteiger partial charge in [-0.25, -0.2) is 9.78 Å². The van der Waals surface area contributed by atoms with Gasteiger partial charge in [0.1, 0.15) is 11.9 Å². The molecular weight excluding hydrogens is 372 g/mol. The molecule has 0 bridgehead atoms. The van der Waals surface area contributed by atoms with Gasteiger partial charge in [0, 0.05) is 33.0 Å². The zero-order valence-corrected chi connectivity index (χ0v) is 17.9. The Morgan fingerprint density at radius 3 is 2.55 bits per heavy atom. The van der Waals surface area contributed by atoms with E-state index in [0.29, 0.717) is 36.5 Å². The van der Waals surface area contributed by atoms with Crippen molar-refractivity contribution in [3.63, 3.8) is 0 Å². The van der Waals surface area contributed by atoms with E-state index >= 15 is 0 Å². The summed E-state index contributed by atoms with van der Waals surface area (Å²) >= 11 is 0. The number of hydrogen-bond donors (Lipinski definition) is 1. The number of fused-ring (bicyclic) bond motifs is 1. The SMILES string of the molecule is CCCCn1c(=O)[nH]c(=O)c2c1nc(CCC(=O)N(C)C(C)C#N)n2CC(C)C. The number of carbonyl (C=O) groups excluding carboxylic acids is 1. The Kier molecular flexibility index (Phi) is 7.37. The summed E-state index contributed by atoms with van der Waals surface area (Å²) in [5.74, 6) is 0.680. The predicted octanol–water partition coefficient (Wildman–Crippen LogP) is 1.65. The minimum Gasteiger partial charge on any atom is -0.330 e. The number of nitrogens with one attached hydrogen (secondary N) is 1. The lowest BCUT2D eigenvalue weighted by atomic mass is 10.2. The Hall–Kier alpha value is -2.89. The maximum Gasteiger partial charge on any atom is 0.330 e. The van der Waals surface area contributed by atoms with Gasteiger partial charge >= 0.3 is 5.69 Å². The monoisotopic (exact) mass is 402 g/mol. The van der Waals surface area contributed by atoms with Gasteiger partial charge in [-0.2, -0.15) is 5.26 Å². The van der Waals surface area contributed by atoms with Crippen LogP contribution in [0.15, 0.2) is 9.59 Å². The quantitative estimate of drug-likeness (QED) is 0.684. The molecule has 0 spiro atoms. The van der Waals surface area contributed by atoms with E-state index in [1.54, 1.807) is 14.0 Å². The maximum absolute atomic E-state index is 12.6. The lowest BCUT2D eigenvalue weighted by Gasteiger charge is -2.19. The Balaban J connectivity index is 2.50. The van der Waals surface area contributed by atoms with Crippen LogP contribution in [-0.2, 0) is 24.3 Å². The first kappa shape index (κ1) is 22.4. The molecule has 9 heteroatoms. The Morgan fingerprint density at radius 1 is 1.28 bits per heavy atom. The fourth-order valence-electron chi connectivity index (χ4n) is 3.19. The van der Waals surface area contributed by atoms with E-state index in [4.69, 9.17) is 5.26 Å². The molecule has 1 amide bonds. The third-order valence-electron chi connectivity index (χ3n) is 4.97. The number of imidazole rings is 1. The molecule has 0 saturated carbocycles. The van der Waals surface area contributed by atoms with Crippen LogP contribution in [0, 0.1) is 17.2 Å². The molecule has 158 valence electrons. The van der Waals surface area contributed by atoms with Crippen molar-refractivity contribution in [2.24, 2.45) is 5.92 Å². The lowest BCUT2D eigenvalue weighted by molar-refractivity contribution is -0.130.